The first-order valence-corrected chi connectivity index (χ1v) is 8.72. The first-order chi connectivity index (χ1) is 10.2. The summed E-state index contributed by atoms with van der Waals surface area (Å²) in [4.78, 5) is 0. The number of rotatable bonds is 7. The SMILES string of the molecule is CCCOc1ccc(C(O)CCC2CCCCO2)cc1Br. The highest BCUT2D eigenvalue weighted by molar-refractivity contribution is 9.10. The fraction of sp³-hybridized carbons (Fsp3) is 0.647. The average molecular weight is 357 g/mol. The van der Waals surface area contributed by atoms with E-state index < -0.39 is 6.10 Å². The van der Waals surface area contributed by atoms with Crippen LogP contribution in [-0.2, 0) is 4.74 Å². The molecule has 1 aromatic carbocycles. The quantitative estimate of drug-likeness (QED) is 0.774. The molecule has 118 valence electrons. The van der Waals surface area contributed by atoms with E-state index in [-0.39, 0.29) is 0 Å². The zero-order valence-electron chi connectivity index (χ0n) is 12.7. The van der Waals surface area contributed by atoms with Crippen LogP contribution in [0.4, 0.5) is 0 Å². The lowest BCUT2D eigenvalue weighted by Crippen LogP contribution is -2.19. The summed E-state index contributed by atoms with van der Waals surface area (Å²) in [6, 6.07) is 5.83. The van der Waals surface area contributed by atoms with Crippen LogP contribution in [-0.4, -0.2) is 24.4 Å². The van der Waals surface area contributed by atoms with Crippen molar-refractivity contribution in [2.75, 3.05) is 13.2 Å². The monoisotopic (exact) mass is 356 g/mol. The summed E-state index contributed by atoms with van der Waals surface area (Å²) in [6.07, 6.45) is 6.08. The highest BCUT2D eigenvalue weighted by Crippen LogP contribution is 2.30. The van der Waals surface area contributed by atoms with E-state index in [1.54, 1.807) is 0 Å². The van der Waals surface area contributed by atoms with Crippen LogP contribution in [0.25, 0.3) is 0 Å². The minimum absolute atomic E-state index is 0.323. The van der Waals surface area contributed by atoms with E-state index in [1.165, 1.54) is 12.8 Å². The Morgan fingerprint density at radius 3 is 2.95 bits per heavy atom. The van der Waals surface area contributed by atoms with Crippen molar-refractivity contribution in [3.05, 3.63) is 28.2 Å². The van der Waals surface area contributed by atoms with Crippen molar-refractivity contribution in [3.63, 3.8) is 0 Å². The van der Waals surface area contributed by atoms with Crippen LogP contribution in [0.3, 0.4) is 0 Å². The number of hydrogen-bond donors (Lipinski definition) is 1. The average Bonchev–Trinajstić information content (AvgIpc) is 2.52. The molecule has 0 radical (unpaired) electrons. The number of ether oxygens (including phenoxy) is 2. The molecule has 1 saturated heterocycles. The van der Waals surface area contributed by atoms with Gasteiger partial charge < -0.3 is 14.6 Å². The molecule has 2 unspecified atom stereocenters. The summed E-state index contributed by atoms with van der Waals surface area (Å²) in [5, 5.41) is 10.3. The van der Waals surface area contributed by atoms with Gasteiger partial charge in [-0.3, -0.25) is 0 Å². The van der Waals surface area contributed by atoms with Crippen molar-refractivity contribution in [3.8, 4) is 5.75 Å². The first kappa shape index (κ1) is 16.8. The van der Waals surface area contributed by atoms with Crippen LogP contribution in [0.2, 0.25) is 0 Å². The van der Waals surface area contributed by atoms with Gasteiger partial charge in [0, 0.05) is 6.61 Å². The summed E-state index contributed by atoms with van der Waals surface area (Å²) in [5.41, 5.74) is 0.932. The third-order valence-electron chi connectivity index (χ3n) is 3.84. The first-order valence-electron chi connectivity index (χ1n) is 7.92. The largest absolute Gasteiger partial charge is 0.492 e. The van der Waals surface area contributed by atoms with Gasteiger partial charge in [0.2, 0.25) is 0 Å². The van der Waals surface area contributed by atoms with Crippen molar-refractivity contribution in [1.82, 2.24) is 0 Å². The summed E-state index contributed by atoms with van der Waals surface area (Å²) in [7, 11) is 0. The molecule has 0 aromatic heterocycles. The maximum absolute atomic E-state index is 10.3. The second-order valence-electron chi connectivity index (χ2n) is 5.62. The zero-order chi connectivity index (χ0) is 15.1. The Balaban J connectivity index is 1.86. The Hall–Kier alpha value is -0.580. The Kier molecular flexibility index (Phi) is 7.00. The second kappa shape index (κ2) is 8.76. The highest BCUT2D eigenvalue weighted by Gasteiger charge is 2.17. The van der Waals surface area contributed by atoms with E-state index in [4.69, 9.17) is 9.47 Å². The summed E-state index contributed by atoms with van der Waals surface area (Å²) in [5.74, 6) is 0.836. The van der Waals surface area contributed by atoms with Crippen molar-refractivity contribution < 1.29 is 14.6 Å². The van der Waals surface area contributed by atoms with Crippen molar-refractivity contribution in [2.24, 2.45) is 0 Å². The standard InChI is InChI=1S/C17H25BrO3/c1-2-10-21-17-9-6-13(12-15(17)18)16(19)8-7-14-5-3-4-11-20-14/h6,9,12,14,16,19H,2-5,7-8,10-11H2,1H3. The molecule has 1 N–H and O–H groups in total. The molecule has 0 amide bonds. The molecule has 1 fully saturated rings. The van der Waals surface area contributed by atoms with Crippen molar-refractivity contribution in [2.45, 2.75) is 57.7 Å². The fourth-order valence-electron chi connectivity index (χ4n) is 2.60. The number of halogens is 1. The molecular formula is C17H25BrO3. The summed E-state index contributed by atoms with van der Waals surface area (Å²) >= 11 is 3.51. The fourth-order valence-corrected chi connectivity index (χ4v) is 3.11. The van der Waals surface area contributed by atoms with Crippen molar-refractivity contribution in [1.29, 1.82) is 0 Å². The van der Waals surface area contributed by atoms with Gasteiger partial charge in [0.15, 0.2) is 0 Å². The third kappa shape index (κ3) is 5.28. The molecule has 3 nitrogen and oxygen atoms in total. The van der Waals surface area contributed by atoms with Gasteiger partial charge in [-0.2, -0.15) is 0 Å². The normalized spacial score (nSPS) is 20.2. The molecule has 2 atom stereocenters. The van der Waals surface area contributed by atoms with Gasteiger partial charge in [-0.05, 0) is 72.2 Å². The Bertz CT molecular complexity index is 430. The van der Waals surface area contributed by atoms with Crippen LogP contribution in [0.1, 0.15) is 57.1 Å². The molecule has 1 aromatic rings. The maximum atomic E-state index is 10.3. The molecule has 2 rings (SSSR count). The van der Waals surface area contributed by atoms with Gasteiger partial charge in [-0.15, -0.1) is 0 Å². The lowest BCUT2D eigenvalue weighted by molar-refractivity contribution is 0.00212. The molecule has 4 heteroatoms. The van der Waals surface area contributed by atoms with E-state index in [0.717, 1.165) is 48.1 Å². The Morgan fingerprint density at radius 2 is 2.29 bits per heavy atom. The molecule has 21 heavy (non-hydrogen) atoms. The summed E-state index contributed by atoms with van der Waals surface area (Å²) < 4.78 is 12.2. The lowest BCUT2D eigenvalue weighted by Gasteiger charge is -2.23. The van der Waals surface area contributed by atoms with Gasteiger partial charge in [-0.25, -0.2) is 0 Å². The molecule has 1 aliphatic heterocycles. The molecule has 0 bridgehead atoms. The van der Waals surface area contributed by atoms with Crippen LogP contribution in [0.5, 0.6) is 5.75 Å². The number of aliphatic hydroxyl groups is 1. The van der Waals surface area contributed by atoms with Gasteiger partial charge in [-0.1, -0.05) is 13.0 Å². The zero-order valence-corrected chi connectivity index (χ0v) is 14.3. The highest BCUT2D eigenvalue weighted by atomic mass is 79.9. The van der Waals surface area contributed by atoms with E-state index in [0.29, 0.717) is 12.7 Å². The number of aliphatic hydroxyl groups excluding tert-OH is 1. The van der Waals surface area contributed by atoms with Crippen LogP contribution < -0.4 is 4.74 Å². The van der Waals surface area contributed by atoms with Crippen LogP contribution in [0, 0.1) is 0 Å². The predicted octanol–water partition coefficient (Wildman–Crippen LogP) is 4.62. The van der Waals surface area contributed by atoms with Crippen LogP contribution in [0.15, 0.2) is 22.7 Å². The molecule has 1 aliphatic rings. The third-order valence-corrected chi connectivity index (χ3v) is 4.46. The predicted molar refractivity (Wildman–Crippen MR) is 87.7 cm³/mol. The van der Waals surface area contributed by atoms with Gasteiger partial charge in [0.25, 0.3) is 0 Å². The molecule has 1 heterocycles. The van der Waals surface area contributed by atoms with E-state index in [2.05, 4.69) is 22.9 Å². The molecule has 0 saturated carbocycles. The molecular weight excluding hydrogens is 332 g/mol. The van der Waals surface area contributed by atoms with E-state index in [1.807, 2.05) is 18.2 Å². The van der Waals surface area contributed by atoms with Gasteiger partial charge in [0.1, 0.15) is 5.75 Å². The van der Waals surface area contributed by atoms with Crippen LogP contribution >= 0.6 is 15.9 Å². The van der Waals surface area contributed by atoms with E-state index >= 15 is 0 Å². The Labute approximate surface area is 135 Å². The minimum Gasteiger partial charge on any atom is -0.492 e. The van der Waals surface area contributed by atoms with Crippen molar-refractivity contribution >= 4 is 15.9 Å². The Morgan fingerprint density at radius 1 is 1.43 bits per heavy atom. The number of benzene rings is 1. The van der Waals surface area contributed by atoms with Gasteiger partial charge >= 0.3 is 0 Å². The van der Waals surface area contributed by atoms with Gasteiger partial charge in [0.05, 0.1) is 23.3 Å². The smallest absolute Gasteiger partial charge is 0.133 e. The molecule has 0 aliphatic carbocycles. The minimum atomic E-state index is -0.438. The second-order valence-corrected chi connectivity index (χ2v) is 6.47. The number of hydrogen-bond acceptors (Lipinski definition) is 3. The molecule has 0 spiro atoms. The van der Waals surface area contributed by atoms with E-state index in [9.17, 15) is 5.11 Å². The lowest BCUT2D eigenvalue weighted by atomic mass is 9.99. The maximum Gasteiger partial charge on any atom is 0.133 e. The summed E-state index contributed by atoms with van der Waals surface area (Å²) in [6.45, 7) is 3.66. The topological polar surface area (TPSA) is 38.7 Å².